The van der Waals surface area contributed by atoms with Gasteiger partial charge >= 0.3 is 0 Å². The predicted octanol–water partition coefficient (Wildman–Crippen LogP) is 3.63. The van der Waals surface area contributed by atoms with E-state index in [2.05, 4.69) is 20.6 Å². The maximum atomic E-state index is 13.1. The number of halogens is 2. The molecule has 0 atom stereocenters. The summed E-state index contributed by atoms with van der Waals surface area (Å²) in [4.78, 5) is 8.52. The fraction of sp³-hybridized carbons (Fsp3) is 0.286. The second-order valence-electron chi connectivity index (χ2n) is 4.40. The third kappa shape index (κ3) is 3.63. The summed E-state index contributed by atoms with van der Waals surface area (Å²) in [6.45, 7) is 4.66. The second-order valence-corrected chi connectivity index (χ2v) is 4.40. The number of nitrogens with zero attached hydrogens (tertiary/aromatic N) is 2. The highest BCUT2D eigenvalue weighted by Gasteiger charge is 2.05. The molecule has 6 heteroatoms. The van der Waals surface area contributed by atoms with E-state index >= 15 is 0 Å². The van der Waals surface area contributed by atoms with Crippen LogP contribution < -0.4 is 10.6 Å². The van der Waals surface area contributed by atoms with Crippen molar-refractivity contribution in [1.29, 1.82) is 0 Å². The Hall–Kier alpha value is -2.24. The number of aryl methyl sites for hydroxylation is 1. The van der Waals surface area contributed by atoms with Gasteiger partial charge in [-0.15, -0.1) is 0 Å². The summed E-state index contributed by atoms with van der Waals surface area (Å²) in [6.07, 6.45) is 0.962. The van der Waals surface area contributed by atoms with Gasteiger partial charge in [0.15, 0.2) is 11.6 Å². The normalized spacial score (nSPS) is 10.4. The molecular formula is C14H16F2N4. The first-order valence-corrected chi connectivity index (χ1v) is 6.40. The lowest BCUT2D eigenvalue weighted by atomic mass is 10.3. The summed E-state index contributed by atoms with van der Waals surface area (Å²) in [6, 6.07) is 5.35. The molecule has 0 aliphatic rings. The van der Waals surface area contributed by atoms with E-state index in [1.54, 1.807) is 6.07 Å². The van der Waals surface area contributed by atoms with Gasteiger partial charge in [0.05, 0.1) is 0 Å². The van der Waals surface area contributed by atoms with Crippen molar-refractivity contribution < 1.29 is 8.78 Å². The van der Waals surface area contributed by atoms with E-state index in [0.29, 0.717) is 17.5 Å². The lowest BCUT2D eigenvalue weighted by molar-refractivity contribution is 0.509. The van der Waals surface area contributed by atoms with Crippen molar-refractivity contribution in [3.05, 3.63) is 41.6 Å². The highest BCUT2D eigenvalue weighted by Crippen LogP contribution is 2.19. The topological polar surface area (TPSA) is 49.8 Å². The fourth-order valence-corrected chi connectivity index (χ4v) is 1.67. The Morgan fingerprint density at radius 2 is 1.90 bits per heavy atom. The van der Waals surface area contributed by atoms with Crippen molar-refractivity contribution in [1.82, 2.24) is 9.97 Å². The third-order valence-electron chi connectivity index (χ3n) is 2.58. The summed E-state index contributed by atoms with van der Waals surface area (Å²) >= 11 is 0. The zero-order valence-electron chi connectivity index (χ0n) is 11.4. The maximum Gasteiger partial charge on any atom is 0.224 e. The number of rotatable bonds is 5. The van der Waals surface area contributed by atoms with Gasteiger partial charge in [0.1, 0.15) is 5.82 Å². The lowest BCUT2D eigenvalue weighted by Gasteiger charge is -2.09. The molecule has 0 aliphatic heterocycles. The molecule has 1 aromatic carbocycles. The van der Waals surface area contributed by atoms with Crippen LogP contribution in [0.2, 0.25) is 0 Å². The highest BCUT2D eigenvalue weighted by atomic mass is 19.2. The van der Waals surface area contributed by atoms with E-state index < -0.39 is 11.6 Å². The summed E-state index contributed by atoms with van der Waals surface area (Å²) in [5, 5.41) is 6.02. The van der Waals surface area contributed by atoms with Gasteiger partial charge in [-0.2, -0.15) is 4.98 Å². The van der Waals surface area contributed by atoms with Gasteiger partial charge in [-0.3, -0.25) is 0 Å². The molecule has 0 spiro atoms. The number of hydrogen-bond donors (Lipinski definition) is 2. The van der Waals surface area contributed by atoms with Gasteiger partial charge in [0.25, 0.3) is 0 Å². The first-order chi connectivity index (χ1) is 9.58. The molecule has 1 aromatic heterocycles. The van der Waals surface area contributed by atoms with Crippen LogP contribution in [0.1, 0.15) is 19.0 Å². The molecule has 0 unspecified atom stereocenters. The first-order valence-electron chi connectivity index (χ1n) is 6.40. The van der Waals surface area contributed by atoms with Crippen LogP contribution >= 0.6 is 0 Å². The molecule has 0 bridgehead atoms. The second kappa shape index (κ2) is 6.27. The van der Waals surface area contributed by atoms with Crippen molar-refractivity contribution in [2.75, 3.05) is 17.2 Å². The van der Waals surface area contributed by atoms with Gasteiger partial charge in [-0.25, -0.2) is 13.8 Å². The molecule has 2 N–H and O–H groups in total. The highest BCUT2D eigenvalue weighted by molar-refractivity contribution is 5.57. The first kappa shape index (κ1) is 14.2. The van der Waals surface area contributed by atoms with Crippen LogP contribution in [0.15, 0.2) is 24.3 Å². The molecule has 2 rings (SSSR count). The van der Waals surface area contributed by atoms with Crippen LogP contribution in [0.4, 0.5) is 26.2 Å². The van der Waals surface area contributed by atoms with Crippen molar-refractivity contribution in [2.45, 2.75) is 20.3 Å². The zero-order chi connectivity index (χ0) is 14.5. The molecule has 0 saturated carbocycles. The monoisotopic (exact) mass is 278 g/mol. The van der Waals surface area contributed by atoms with Crippen molar-refractivity contribution in [2.24, 2.45) is 0 Å². The summed E-state index contributed by atoms with van der Waals surface area (Å²) in [5.74, 6) is -0.733. The molecule has 0 radical (unpaired) electrons. The predicted molar refractivity (Wildman–Crippen MR) is 75.2 cm³/mol. The minimum atomic E-state index is -0.898. The van der Waals surface area contributed by atoms with E-state index in [9.17, 15) is 8.78 Å². The van der Waals surface area contributed by atoms with E-state index in [1.807, 2.05) is 13.8 Å². The van der Waals surface area contributed by atoms with E-state index in [1.165, 1.54) is 6.07 Å². The zero-order valence-corrected chi connectivity index (χ0v) is 11.4. The smallest absolute Gasteiger partial charge is 0.224 e. The van der Waals surface area contributed by atoms with Crippen LogP contribution in [-0.2, 0) is 0 Å². The van der Waals surface area contributed by atoms with Crippen LogP contribution in [0.5, 0.6) is 0 Å². The molecule has 4 nitrogen and oxygen atoms in total. The molecule has 106 valence electrons. The van der Waals surface area contributed by atoms with Gasteiger partial charge in [0.2, 0.25) is 5.95 Å². The van der Waals surface area contributed by atoms with Gasteiger partial charge in [-0.05, 0) is 25.5 Å². The molecule has 1 heterocycles. The Labute approximate surface area is 116 Å². The largest absolute Gasteiger partial charge is 0.354 e. The van der Waals surface area contributed by atoms with E-state index in [-0.39, 0.29) is 0 Å². The summed E-state index contributed by atoms with van der Waals surface area (Å²) in [7, 11) is 0. The van der Waals surface area contributed by atoms with Crippen LogP contribution in [-0.4, -0.2) is 16.5 Å². The quantitative estimate of drug-likeness (QED) is 0.877. The summed E-state index contributed by atoms with van der Waals surface area (Å²) in [5.41, 5.74) is 1.21. The molecule has 0 saturated heterocycles. The maximum absolute atomic E-state index is 13.1. The number of anilines is 3. The Bertz CT molecular complexity index is 602. The summed E-state index contributed by atoms with van der Waals surface area (Å²) < 4.78 is 26.0. The van der Waals surface area contributed by atoms with Gasteiger partial charge in [-0.1, -0.05) is 6.92 Å². The minimum Gasteiger partial charge on any atom is -0.354 e. The Morgan fingerprint density at radius 1 is 1.10 bits per heavy atom. The molecule has 20 heavy (non-hydrogen) atoms. The van der Waals surface area contributed by atoms with Gasteiger partial charge < -0.3 is 10.6 Å². The average Bonchev–Trinajstić information content (AvgIpc) is 2.40. The van der Waals surface area contributed by atoms with Crippen LogP contribution in [0.3, 0.4) is 0 Å². The number of nitrogens with one attached hydrogen (secondary N) is 2. The van der Waals surface area contributed by atoms with Crippen molar-refractivity contribution in [3.63, 3.8) is 0 Å². The Balaban J connectivity index is 2.19. The molecule has 2 aromatic rings. The molecule has 0 fully saturated rings. The third-order valence-corrected chi connectivity index (χ3v) is 2.58. The minimum absolute atomic E-state index is 0.434. The van der Waals surface area contributed by atoms with Gasteiger partial charge in [0, 0.05) is 30.1 Å². The van der Waals surface area contributed by atoms with Crippen molar-refractivity contribution >= 4 is 17.5 Å². The molecule has 0 aliphatic carbocycles. The van der Waals surface area contributed by atoms with E-state index in [4.69, 9.17) is 0 Å². The Kier molecular flexibility index (Phi) is 4.45. The number of aromatic nitrogens is 2. The standard InChI is InChI=1S/C14H16F2N4/c1-3-6-17-14-18-9(2)7-13(20-14)19-10-4-5-11(15)12(16)8-10/h4-5,7-8H,3,6H2,1-2H3,(H2,17,18,19,20). The molecular weight excluding hydrogens is 262 g/mol. The lowest BCUT2D eigenvalue weighted by Crippen LogP contribution is -2.07. The fourth-order valence-electron chi connectivity index (χ4n) is 1.67. The van der Waals surface area contributed by atoms with Crippen molar-refractivity contribution in [3.8, 4) is 0 Å². The van der Waals surface area contributed by atoms with Crippen LogP contribution in [0.25, 0.3) is 0 Å². The SMILES string of the molecule is CCCNc1nc(C)cc(Nc2ccc(F)c(F)c2)n1. The average molecular weight is 278 g/mol. The number of benzene rings is 1. The van der Waals surface area contributed by atoms with Crippen LogP contribution in [0, 0.1) is 18.6 Å². The Morgan fingerprint density at radius 3 is 2.60 bits per heavy atom. The molecule has 0 amide bonds. The van der Waals surface area contributed by atoms with E-state index in [0.717, 1.165) is 30.8 Å². The number of hydrogen-bond acceptors (Lipinski definition) is 4.